The van der Waals surface area contributed by atoms with Crippen LogP contribution >= 0.6 is 12.2 Å². The summed E-state index contributed by atoms with van der Waals surface area (Å²) in [6.07, 6.45) is 1.66. The van der Waals surface area contributed by atoms with Crippen LogP contribution in [0.15, 0.2) is 18.3 Å². The zero-order chi connectivity index (χ0) is 11.8. The number of pyridine rings is 1. The fraction of sp³-hybridized carbons (Fsp3) is 0.400. The lowest BCUT2D eigenvalue weighted by molar-refractivity contribution is 0.204. The highest BCUT2D eigenvalue weighted by atomic mass is 32.1. The molecule has 6 heteroatoms. The van der Waals surface area contributed by atoms with E-state index in [-0.39, 0.29) is 0 Å². The molecule has 1 aromatic heterocycles. The van der Waals surface area contributed by atoms with Gasteiger partial charge < -0.3 is 20.1 Å². The Bertz CT molecular complexity index is 329. The first-order valence-corrected chi connectivity index (χ1v) is 5.21. The summed E-state index contributed by atoms with van der Waals surface area (Å²) in [4.78, 5) is 4.05. The molecule has 0 radical (unpaired) electrons. The lowest BCUT2D eigenvalue weighted by Gasteiger charge is -2.09. The van der Waals surface area contributed by atoms with E-state index in [1.54, 1.807) is 26.5 Å². The molecule has 1 heterocycles. The number of hydrogen-bond acceptors (Lipinski definition) is 4. The second kappa shape index (κ2) is 6.97. The van der Waals surface area contributed by atoms with Crippen molar-refractivity contribution in [1.82, 2.24) is 10.3 Å². The Labute approximate surface area is 100 Å². The summed E-state index contributed by atoms with van der Waals surface area (Å²) in [6.45, 7) is 1.29. The maximum Gasteiger partial charge on any atom is 0.213 e. The number of anilines is 1. The van der Waals surface area contributed by atoms with E-state index in [1.807, 2.05) is 6.07 Å². The molecule has 0 amide bonds. The minimum absolute atomic E-state index is 0.545. The molecule has 0 saturated heterocycles. The van der Waals surface area contributed by atoms with Gasteiger partial charge in [-0.05, 0) is 18.3 Å². The third-order valence-electron chi connectivity index (χ3n) is 1.80. The Morgan fingerprint density at radius 3 is 2.81 bits per heavy atom. The molecule has 5 nitrogen and oxygen atoms in total. The Morgan fingerprint density at radius 2 is 2.25 bits per heavy atom. The summed E-state index contributed by atoms with van der Waals surface area (Å²) in [6, 6.07) is 3.61. The molecule has 1 rings (SSSR count). The van der Waals surface area contributed by atoms with Crippen LogP contribution in [0.4, 0.5) is 5.69 Å². The number of ether oxygens (including phenoxy) is 2. The van der Waals surface area contributed by atoms with Gasteiger partial charge >= 0.3 is 0 Å². The zero-order valence-corrected chi connectivity index (χ0v) is 10.1. The second-order valence-corrected chi connectivity index (χ2v) is 3.37. The van der Waals surface area contributed by atoms with E-state index >= 15 is 0 Å². The normalized spacial score (nSPS) is 9.62. The van der Waals surface area contributed by atoms with Crippen LogP contribution in [0, 0.1) is 0 Å². The van der Waals surface area contributed by atoms with Gasteiger partial charge in [0.25, 0.3) is 0 Å². The molecule has 0 unspecified atom stereocenters. The van der Waals surface area contributed by atoms with Crippen LogP contribution in [-0.2, 0) is 4.74 Å². The highest BCUT2D eigenvalue weighted by Gasteiger charge is 1.98. The van der Waals surface area contributed by atoms with Crippen molar-refractivity contribution in [1.29, 1.82) is 0 Å². The van der Waals surface area contributed by atoms with Gasteiger partial charge in [0.15, 0.2) is 5.11 Å². The van der Waals surface area contributed by atoms with E-state index in [9.17, 15) is 0 Å². The quantitative estimate of drug-likeness (QED) is 0.593. The third kappa shape index (κ3) is 4.41. The lowest BCUT2D eigenvalue weighted by Crippen LogP contribution is -2.31. The van der Waals surface area contributed by atoms with Gasteiger partial charge in [0.2, 0.25) is 5.88 Å². The van der Waals surface area contributed by atoms with E-state index in [0.717, 1.165) is 5.69 Å². The van der Waals surface area contributed by atoms with E-state index in [4.69, 9.17) is 21.7 Å². The maximum absolute atomic E-state index is 5.07. The molecule has 0 aliphatic heterocycles. The van der Waals surface area contributed by atoms with Crippen molar-refractivity contribution < 1.29 is 9.47 Å². The SMILES string of the molecule is COCCNC(=S)Nc1ccc(OC)nc1. The Kier molecular flexibility index (Phi) is 5.52. The molecule has 1 aromatic rings. The molecule has 0 fully saturated rings. The molecule has 0 aliphatic rings. The van der Waals surface area contributed by atoms with Gasteiger partial charge in [-0.2, -0.15) is 0 Å². The molecular formula is C10H15N3O2S. The van der Waals surface area contributed by atoms with Gasteiger partial charge in [-0.25, -0.2) is 4.98 Å². The minimum Gasteiger partial charge on any atom is -0.481 e. The molecule has 0 spiro atoms. The van der Waals surface area contributed by atoms with Crippen molar-refractivity contribution >= 4 is 23.0 Å². The molecular weight excluding hydrogens is 226 g/mol. The van der Waals surface area contributed by atoms with Crippen molar-refractivity contribution in [3.8, 4) is 5.88 Å². The Hall–Kier alpha value is -1.40. The highest BCUT2D eigenvalue weighted by molar-refractivity contribution is 7.80. The average Bonchev–Trinajstić information content (AvgIpc) is 2.30. The van der Waals surface area contributed by atoms with Crippen molar-refractivity contribution in [3.05, 3.63) is 18.3 Å². The highest BCUT2D eigenvalue weighted by Crippen LogP contribution is 2.10. The first-order chi connectivity index (χ1) is 7.76. The molecule has 0 aromatic carbocycles. The van der Waals surface area contributed by atoms with Crippen molar-refractivity contribution in [2.24, 2.45) is 0 Å². The van der Waals surface area contributed by atoms with Crippen molar-refractivity contribution in [2.75, 3.05) is 32.7 Å². The largest absolute Gasteiger partial charge is 0.481 e. The molecule has 0 bridgehead atoms. The topological polar surface area (TPSA) is 55.4 Å². The summed E-state index contributed by atoms with van der Waals surface area (Å²) >= 11 is 5.07. The standard InChI is InChI=1S/C10H15N3O2S/c1-14-6-5-11-10(16)13-8-3-4-9(15-2)12-7-8/h3-4,7H,5-6H2,1-2H3,(H2,11,13,16). The van der Waals surface area contributed by atoms with Crippen LogP contribution in [0.25, 0.3) is 0 Å². The lowest BCUT2D eigenvalue weighted by atomic mass is 10.4. The average molecular weight is 241 g/mol. The zero-order valence-electron chi connectivity index (χ0n) is 9.32. The number of hydrogen-bond donors (Lipinski definition) is 2. The summed E-state index contributed by atoms with van der Waals surface area (Å²) in [5, 5.41) is 6.54. The third-order valence-corrected chi connectivity index (χ3v) is 2.04. The summed E-state index contributed by atoms with van der Waals surface area (Å²) in [5.41, 5.74) is 0.815. The van der Waals surface area contributed by atoms with Crippen molar-refractivity contribution in [3.63, 3.8) is 0 Å². The van der Waals surface area contributed by atoms with E-state index in [1.165, 1.54) is 0 Å². The molecule has 0 atom stereocenters. The summed E-state index contributed by atoms with van der Waals surface area (Å²) < 4.78 is 9.84. The Balaban J connectivity index is 2.37. The number of rotatable bonds is 5. The fourth-order valence-corrected chi connectivity index (χ4v) is 1.24. The van der Waals surface area contributed by atoms with E-state index in [2.05, 4.69) is 15.6 Å². The van der Waals surface area contributed by atoms with Gasteiger partial charge in [0.1, 0.15) is 0 Å². The number of nitrogens with zero attached hydrogens (tertiary/aromatic N) is 1. The number of methoxy groups -OCH3 is 2. The van der Waals surface area contributed by atoms with Crippen LogP contribution in [0.1, 0.15) is 0 Å². The monoisotopic (exact) mass is 241 g/mol. The molecule has 16 heavy (non-hydrogen) atoms. The van der Waals surface area contributed by atoms with Crippen LogP contribution in [0.2, 0.25) is 0 Å². The molecule has 2 N–H and O–H groups in total. The minimum atomic E-state index is 0.545. The van der Waals surface area contributed by atoms with E-state index in [0.29, 0.717) is 24.1 Å². The number of aromatic nitrogens is 1. The van der Waals surface area contributed by atoms with Gasteiger partial charge in [-0.1, -0.05) is 0 Å². The van der Waals surface area contributed by atoms with Crippen LogP contribution < -0.4 is 15.4 Å². The van der Waals surface area contributed by atoms with E-state index < -0.39 is 0 Å². The van der Waals surface area contributed by atoms with Gasteiger partial charge in [0, 0.05) is 19.7 Å². The van der Waals surface area contributed by atoms with Crippen LogP contribution in [0.3, 0.4) is 0 Å². The van der Waals surface area contributed by atoms with Crippen LogP contribution in [0.5, 0.6) is 5.88 Å². The number of thiocarbonyl (C=S) groups is 1. The van der Waals surface area contributed by atoms with Crippen molar-refractivity contribution in [2.45, 2.75) is 0 Å². The summed E-state index contributed by atoms with van der Waals surface area (Å²) in [7, 11) is 3.22. The van der Waals surface area contributed by atoms with Gasteiger partial charge in [0.05, 0.1) is 25.6 Å². The fourth-order valence-electron chi connectivity index (χ4n) is 1.02. The smallest absolute Gasteiger partial charge is 0.213 e. The van der Waals surface area contributed by atoms with Gasteiger partial charge in [-0.3, -0.25) is 0 Å². The first kappa shape index (κ1) is 12.7. The second-order valence-electron chi connectivity index (χ2n) is 2.96. The molecule has 88 valence electrons. The predicted octanol–water partition coefficient (Wildman–Crippen LogP) is 1.02. The number of nitrogens with one attached hydrogen (secondary N) is 2. The first-order valence-electron chi connectivity index (χ1n) is 4.80. The van der Waals surface area contributed by atoms with Crippen LogP contribution in [-0.4, -0.2) is 37.5 Å². The summed E-state index contributed by atoms with van der Waals surface area (Å²) in [5.74, 6) is 0.573. The molecule has 0 aliphatic carbocycles. The molecule has 0 saturated carbocycles. The predicted molar refractivity (Wildman–Crippen MR) is 66.9 cm³/mol. The Morgan fingerprint density at radius 1 is 1.44 bits per heavy atom. The van der Waals surface area contributed by atoms with Gasteiger partial charge in [-0.15, -0.1) is 0 Å². The maximum atomic E-state index is 5.07.